The van der Waals surface area contributed by atoms with Crippen LogP contribution in [-0.2, 0) is 4.79 Å². The van der Waals surface area contributed by atoms with Crippen molar-refractivity contribution in [1.82, 2.24) is 5.32 Å². The van der Waals surface area contributed by atoms with Crippen molar-refractivity contribution in [3.05, 3.63) is 0 Å². The number of carbonyl (C=O) groups is 1. The molecule has 0 atom stereocenters. The fourth-order valence-electron chi connectivity index (χ4n) is 2.89. The molecule has 2 N–H and O–H groups in total. The summed E-state index contributed by atoms with van der Waals surface area (Å²) in [7, 11) is 0. The van der Waals surface area contributed by atoms with Gasteiger partial charge in [0.15, 0.2) is 0 Å². The summed E-state index contributed by atoms with van der Waals surface area (Å²) in [4.78, 5) is 11.3. The largest absolute Gasteiger partial charge is 0.395 e. The minimum atomic E-state index is 0.0314. The fourth-order valence-corrected chi connectivity index (χ4v) is 2.89. The molecule has 138 valence electrons. The van der Waals surface area contributed by atoms with Gasteiger partial charge in [-0.3, -0.25) is 4.79 Å². The molecule has 0 aliphatic rings. The van der Waals surface area contributed by atoms with E-state index in [9.17, 15) is 4.79 Å². The van der Waals surface area contributed by atoms with E-state index in [1.54, 1.807) is 0 Å². The molecule has 0 saturated carbocycles. The van der Waals surface area contributed by atoms with Crippen LogP contribution in [0.15, 0.2) is 0 Å². The number of hydrogen-bond acceptors (Lipinski definition) is 2. The molecule has 0 aliphatic carbocycles. The lowest BCUT2D eigenvalue weighted by Gasteiger charge is -2.05. The minimum Gasteiger partial charge on any atom is -0.395 e. The zero-order valence-corrected chi connectivity index (χ0v) is 15.7. The van der Waals surface area contributed by atoms with Crippen molar-refractivity contribution in [1.29, 1.82) is 0 Å². The summed E-state index contributed by atoms with van der Waals surface area (Å²) >= 11 is 0. The number of rotatable bonds is 17. The number of aliphatic hydroxyl groups is 1. The maximum absolute atomic E-state index is 11.3. The van der Waals surface area contributed by atoms with E-state index in [4.69, 9.17) is 5.11 Å². The van der Waals surface area contributed by atoms with E-state index < -0.39 is 0 Å². The summed E-state index contributed by atoms with van der Waals surface area (Å²) in [5.74, 6) is 0.942. The normalized spacial score (nSPS) is 11.1. The number of nitrogens with one attached hydrogen (secondary N) is 1. The second-order valence-electron chi connectivity index (χ2n) is 7.25. The van der Waals surface area contributed by atoms with Crippen molar-refractivity contribution in [3.63, 3.8) is 0 Å². The molecule has 0 aromatic rings. The van der Waals surface area contributed by atoms with Crippen LogP contribution in [-0.4, -0.2) is 24.2 Å². The van der Waals surface area contributed by atoms with Gasteiger partial charge in [-0.2, -0.15) is 0 Å². The summed E-state index contributed by atoms with van der Waals surface area (Å²) in [6, 6.07) is 0. The van der Waals surface area contributed by atoms with Crippen LogP contribution in [0.4, 0.5) is 0 Å². The second kappa shape index (κ2) is 17.8. The standard InChI is InChI=1S/C20H41NO2/c1-19(2)15-13-11-9-7-5-3-4-6-8-10-12-14-16-20(23)21-17-18-22/h19,22H,3-18H2,1-2H3,(H,21,23). The summed E-state index contributed by atoms with van der Waals surface area (Å²) in [6.07, 6.45) is 17.9. The van der Waals surface area contributed by atoms with Gasteiger partial charge >= 0.3 is 0 Å². The number of carbonyl (C=O) groups excluding carboxylic acids is 1. The Kier molecular flexibility index (Phi) is 17.3. The lowest BCUT2D eigenvalue weighted by atomic mass is 10.0. The van der Waals surface area contributed by atoms with Gasteiger partial charge in [-0.1, -0.05) is 90.9 Å². The van der Waals surface area contributed by atoms with Gasteiger partial charge in [0.25, 0.3) is 0 Å². The molecule has 0 bridgehead atoms. The molecule has 0 heterocycles. The zero-order chi connectivity index (χ0) is 17.2. The Hall–Kier alpha value is -0.570. The van der Waals surface area contributed by atoms with Gasteiger partial charge in [-0.05, 0) is 12.3 Å². The van der Waals surface area contributed by atoms with Gasteiger partial charge < -0.3 is 10.4 Å². The predicted molar refractivity (Wildman–Crippen MR) is 99.6 cm³/mol. The second-order valence-corrected chi connectivity index (χ2v) is 7.25. The Labute approximate surface area is 144 Å². The quantitative estimate of drug-likeness (QED) is 0.360. The molecule has 23 heavy (non-hydrogen) atoms. The van der Waals surface area contributed by atoms with Gasteiger partial charge in [0.05, 0.1) is 6.61 Å². The summed E-state index contributed by atoms with van der Waals surface area (Å²) in [5.41, 5.74) is 0. The molecule has 1 amide bonds. The third-order valence-electron chi connectivity index (χ3n) is 4.37. The first-order valence-electron chi connectivity index (χ1n) is 10.0. The highest BCUT2D eigenvalue weighted by molar-refractivity contribution is 5.75. The lowest BCUT2D eigenvalue weighted by molar-refractivity contribution is -0.121. The Balaban J connectivity index is 3.06. The Morgan fingerprint density at radius 1 is 0.783 bits per heavy atom. The molecule has 3 nitrogen and oxygen atoms in total. The van der Waals surface area contributed by atoms with Crippen LogP contribution in [0.1, 0.15) is 104 Å². The molecule has 3 heteroatoms. The van der Waals surface area contributed by atoms with Crippen molar-refractivity contribution in [2.24, 2.45) is 5.92 Å². The maximum atomic E-state index is 11.3. The van der Waals surface area contributed by atoms with Crippen LogP contribution in [0.25, 0.3) is 0 Å². The van der Waals surface area contributed by atoms with Crippen LogP contribution in [0.2, 0.25) is 0 Å². The smallest absolute Gasteiger partial charge is 0.220 e. The van der Waals surface area contributed by atoms with Crippen molar-refractivity contribution in [2.45, 2.75) is 104 Å². The van der Waals surface area contributed by atoms with E-state index in [0.717, 1.165) is 18.8 Å². The van der Waals surface area contributed by atoms with E-state index in [1.165, 1.54) is 70.6 Å². The Morgan fingerprint density at radius 3 is 1.65 bits per heavy atom. The van der Waals surface area contributed by atoms with Gasteiger partial charge in [-0.15, -0.1) is 0 Å². The highest BCUT2D eigenvalue weighted by Crippen LogP contribution is 2.14. The third-order valence-corrected chi connectivity index (χ3v) is 4.37. The molecule has 0 unspecified atom stereocenters. The van der Waals surface area contributed by atoms with Crippen LogP contribution in [0.3, 0.4) is 0 Å². The van der Waals surface area contributed by atoms with Gasteiger partial charge in [0, 0.05) is 13.0 Å². The highest BCUT2D eigenvalue weighted by atomic mass is 16.3. The van der Waals surface area contributed by atoms with E-state index in [1.807, 2.05) is 0 Å². The number of amides is 1. The Morgan fingerprint density at radius 2 is 1.22 bits per heavy atom. The molecule has 0 rings (SSSR count). The van der Waals surface area contributed by atoms with E-state index in [0.29, 0.717) is 13.0 Å². The third kappa shape index (κ3) is 19.4. The first-order chi connectivity index (χ1) is 11.2. The number of hydrogen-bond donors (Lipinski definition) is 2. The van der Waals surface area contributed by atoms with Crippen molar-refractivity contribution in [2.75, 3.05) is 13.2 Å². The van der Waals surface area contributed by atoms with E-state index >= 15 is 0 Å². The van der Waals surface area contributed by atoms with Crippen LogP contribution >= 0.6 is 0 Å². The van der Waals surface area contributed by atoms with Crippen molar-refractivity contribution < 1.29 is 9.90 Å². The van der Waals surface area contributed by atoms with Gasteiger partial charge in [-0.25, -0.2) is 0 Å². The van der Waals surface area contributed by atoms with E-state index in [-0.39, 0.29) is 12.5 Å². The highest BCUT2D eigenvalue weighted by Gasteiger charge is 1.99. The van der Waals surface area contributed by atoms with Crippen LogP contribution < -0.4 is 5.32 Å². The summed E-state index contributed by atoms with van der Waals surface area (Å²) < 4.78 is 0. The van der Waals surface area contributed by atoms with E-state index in [2.05, 4.69) is 19.2 Å². The van der Waals surface area contributed by atoms with Gasteiger partial charge in [0.1, 0.15) is 0 Å². The fraction of sp³-hybridized carbons (Fsp3) is 0.950. The Bertz CT molecular complexity index is 254. The lowest BCUT2D eigenvalue weighted by Crippen LogP contribution is -2.25. The van der Waals surface area contributed by atoms with Gasteiger partial charge in [0.2, 0.25) is 5.91 Å². The van der Waals surface area contributed by atoms with Crippen LogP contribution in [0, 0.1) is 5.92 Å². The number of aliphatic hydroxyl groups excluding tert-OH is 1. The van der Waals surface area contributed by atoms with Crippen LogP contribution in [0.5, 0.6) is 0 Å². The molecular formula is C20H41NO2. The number of unbranched alkanes of at least 4 members (excludes halogenated alkanes) is 11. The predicted octanol–water partition coefficient (Wildman–Crippen LogP) is 5.21. The zero-order valence-electron chi connectivity index (χ0n) is 15.7. The van der Waals surface area contributed by atoms with Crippen molar-refractivity contribution >= 4 is 5.91 Å². The molecule has 0 spiro atoms. The summed E-state index contributed by atoms with van der Waals surface area (Å²) in [5, 5.41) is 11.3. The molecule has 0 radical (unpaired) electrons. The summed E-state index contributed by atoms with van der Waals surface area (Å²) in [6.45, 7) is 5.04. The minimum absolute atomic E-state index is 0.0314. The molecule has 0 aromatic heterocycles. The SMILES string of the molecule is CC(C)CCCCCCCCCCCCCCC(=O)NCCO. The molecular weight excluding hydrogens is 286 g/mol. The maximum Gasteiger partial charge on any atom is 0.220 e. The molecule has 0 saturated heterocycles. The average Bonchev–Trinajstić information content (AvgIpc) is 2.52. The average molecular weight is 328 g/mol. The topological polar surface area (TPSA) is 49.3 Å². The van der Waals surface area contributed by atoms with Crippen molar-refractivity contribution in [3.8, 4) is 0 Å². The molecule has 0 fully saturated rings. The first-order valence-corrected chi connectivity index (χ1v) is 10.0. The molecule has 0 aliphatic heterocycles. The molecule has 0 aromatic carbocycles. The monoisotopic (exact) mass is 327 g/mol. The first kappa shape index (κ1) is 22.4.